The van der Waals surface area contributed by atoms with Gasteiger partial charge in [0.25, 0.3) is 0 Å². The fourth-order valence-electron chi connectivity index (χ4n) is 1.58. The molecule has 0 spiro atoms. The van der Waals surface area contributed by atoms with Crippen molar-refractivity contribution < 1.29 is 4.74 Å². The zero-order valence-corrected chi connectivity index (χ0v) is 9.63. The summed E-state index contributed by atoms with van der Waals surface area (Å²) in [4.78, 5) is 1.40. The molecule has 0 aliphatic carbocycles. The smallest absolute Gasteiger partial charge is 0.0611 e. The summed E-state index contributed by atoms with van der Waals surface area (Å²) in [6.07, 6.45) is 2.16. The maximum Gasteiger partial charge on any atom is 0.0611 e. The van der Waals surface area contributed by atoms with E-state index < -0.39 is 0 Å². The SMILES string of the molecule is NCCCc1ccccc1SC1COC1. The van der Waals surface area contributed by atoms with E-state index in [0.717, 1.165) is 32.6 Å². The first-order valence-electron chi connectivity index (χ1n) is 5.42. The molecule has 2 N–H and O–H groups in total. The molecule has 0 aromatic heterocycles. The second-order valence-electron chi connectivity index (χ2n) is 3.78. The van der Waals surface area contributed by atoms with E-state index in [-0.39, 0.29) is 0 Å². The topological polar surface area (TPSA) is 35.2 Å². The average Bonchev–Trinajstić information content (AvgIpc) is 2.22. The lowest BCUT2D eigenvalue weighted by molar-refractivity contribution is 0.0455. The van der Waals surface area contributed by atoms with Crippen LogP contribution in [-0.2, 0) is 11.2 Å². The van der Waals surface area contributed by atoms with Crippen LogP contribution in [0.25, 0.3) is 0 Å². The van der Waals surface area contributed by atoms with Crippen LogP contribution in [0, 0.1) is 0 Å². The van der Waals surface area contributed by atoms with Crippen LogP contribution < -0.4 is 5.73 Å². The number of hydrogen-bond donors (Lipinski definition) is 1. The minimum Gasteiger partial charge on any atom is -0.379 e. The third-order valence-corrected chi connectivity index (χ3v) is 3.78. The molecule has 0 atom stereocenters. The van der Waals surface area contributed by atoms with Gasteiger partial charge in [-0.05, 0) is 31.0 Å². The normalized spacial score (nSPS) is 16.3. The first-order valence-corrected chi connectivity index (χ1v) is 6.30. The van der Waals surface area contributed by atoms with Gasteiger partial charge in [0.2, 0.25) is 0 Å². The summed E-state index contributed by atoms with van der Waals surface area (Å²) in [5.74, 6) is 0. The maximum atomic E-state index is 5.54. The molecule has 1 aliphatic heterocycles. The van der Waals surface area contributed by atoms with Crippen LogP contribution in [0.4, 0.5) is 0 Å². The van der Waals surface area contributed by atoms with Gasteiger partial charge in [0.15, 0.2) is 0 Å². The van der Waals surface area contributed by atoms with Crippen molar-refractivity contribution in [3.05, 3.63) is 29.8 Å². The van der Waals surface area contributed by atoms with Crippen LogP contribution in [0.1, 0.15) is 12.0 Å². The van der Waals surface area contributed by atoms with Gasteiger partial charge in [-0.3, -0.25) is 0 Å². The Kier molecular flexibility index (Phi) is 4.06. The first-order chi connectivity index (χ1) is 7.40. The molecule has 0 unspecified atom stereocenters. The number of thioether (sulfide) groups is 1. The lowest BCUT2D eigenvalue weighted by Crippen LogP contribution is -2.30. The molecular weight excluding hydrogens is 206 g/mol. The number of hydrogen-bond acceptors (Lipinski definition) is 3. The first kappa shape index (κ1) is 11.0. The Morgan fingerprint density at radius 2 is 2.13 bits per heavy atom. The highest BCUT2D eigenvalue weighted by atomic mass is 32.2. The molecule has 2 nitrogen and oxygen atoms in total. The van der Waals surface area contributed by atoms with E-state index in [0.29, 0.717) is 5.25 Å². The molecule has 0 bridgehead atoms. The van der Waals surface area contributed by atoms with Gasteiger partial charge in [-0.2, -0.15) is 0 Å². The van der Waals surface area contributed by atoms with Gasteiger partial charge < -0.3 is 10.5 Å². The van der Waals surface area contributed by atoms with Crippen molar-refractivity contribution in [2.24, 2.45) is 5.73 Å². The minimum absolute atomic E-state index is 0.657. The van der Waals surface area contributed by atoms with Crippen molar-refractivity contribution in [1.29, 1.82) is 0 Å². The molecule has 0 radical (unpaired) electrons. The largest absolute Gasteiger partial charge is 0.379 e. The fraction of sp³-hybridized carbons (Fsp3) is 0.500. The van der Waals surface area contributed by atoms with Crippen LogP contribution in [0.3, 0.4) is 0 Å². The zero-order valence-electron chi connectivity index (χ0n) is 8.82. The summed E-state index contributed by atoms with van der Waals surface area (Å²) < 4.78 is 5.19. The molecule has 1 aromatic carbocycles. The van der Waals surface area contributed by atoms with Crippen molar-refractivity contribution in [3.8, 4) is 0 Å². The molecule has 0 saturated carbocycles. The number of nitrogens with two attached hydrogens (primary N) is 1. The highest BCUT2D eigenvalue weighted by molar-refractivity contribution is 8.00. The Labute approximate surface area is 95.2 Å². The molecule has 1 aromatic rings. The minimum atomic E-state index is 0.657. The number of benzene rings is 1. The average molecular weight is 223 g/mol. The molecule has 1 fully saturated rings. The summed E-state index contributed by atoms with van der Waals surface area (Å²) >= 11 is 1.94. The predicted octanol–water partition coefficient (Wildman–Crippen LogP) is 2.07. The van der Waals surface area contributed by atoms with Crippen molar-refractivity contribution in [2.45, 2.75) is 23.0 Å². The van der Waals surface area contributed by atoms with Crippen molar-refractivity contribution >= 4 is 11.8 Å². The molecule has 1 heterocycles. The van der Waals surface area contributed by atoms with Crippen LogP contribution in [-0.4, -0.2) is 25.0 Å². The monoisotopic (exact) mass is 223 g/mol. The molecule has 0 amide bonds. The summed E-state index contributed by atoms with van der Waals surface area (Å²) in [6.45, 7) is 2.57. The second kappa shape index (κ2) is 5.54. The van der Waals surface area contributed by atoms with E-state index in [9.17, 15) is 0 Å². The summed E-state index contributed by atoms with van der Waals surface area (Å²) in [5.41, 5.74) is 6.97. The Hall–Kier alpha value is -0.510. The number of ether oxygens (including phenoxy) is 1. The highest BCUT2D eigenvalue weighted by Crippen LogP contribution is 2.30. The molecule has 3 heteroatoms. The Morgan fingerprint density at radius 1 is 1.33 bits per heavy atom. The van der Waals surface area contributed by atoms with E-state index in [4.69, 9.17) is 10.5 Å². The standard InChI is InChI=1S/C12H17NOS/c13-7-3-5-10-4-1-2-6-12(10)15-11-8-14-9-11/h1-2,4,6,11H,3,5,7-9,13H2. The van der Waals surface area contributed by atoms with Gasteiger partial charge in [-0.1, -0.05) is 18.2 Å². The highest BCUT2D eigenvalue weighted by Gasteiger charge is 2.20. The Balaban J connectivity index is 1.99. The van der Waals surface area contributed by atoms with E-state index in [1.807, 2.05) is 11.8 Å². The van der Waals surface area contributed by atoms with Crippen LogP contribution in [0.5, 0.6) is 0 Å². The molecular formula is C12H17NOS. The quantitative estimate of drug-likeness (QED) is 0.830. The molecule has 2 rings (SSSR count). The second-order valence-corrected chi connectivity index (χ2v) is 5.12. The third kappa shape index (κ3) is 2.97. The van der Waals surface area contributed by atoms with Gasteiger partial charge in [0.05, 0.1) is 18.5 Å². The fourth-order valence-corrected chi connectivity index (χ4v) is 2.75. The predicted molar refractivity (Wildman–Crippen MR) is 64.3 cm³/mol. The summed E-state index contributed by atoms with van der Waals surface area (Å²) in [6, 6.07) is 8.62. The van der Waals surface area contributed by atoms with E-state index in [1.165, 1.54) is 10.5 Å². The van der Waals surface area contributed by atoms with Crippen molar-refractivity contribution in [2.75, 3.05) is 19.8 Å². The molecule has 82 valence electrons. The lowest BCUT2D eigenvalue weighted by atomic mass is 10.1. The van der Waals surface area contributed by atoms with Crippen molar-refractivity contribution in [3.63, 3.8) is 0 Å². The van der Waals surface area contributed by atoms with Crippen LogP contribution >= 0.6 is 11.8 Å². The third-order valence-electron chi connectivity index (χ3n) is 2.52. The van der Waals surface area contributed by atoms with E-state index in [1.54, 1.807) is 0 Å². The van der Waals surface area contributed by atoms with Crippen LogP contribution in [0.2, 0.25) is 0 Å². The molecule has 1 saturated heterocycles. The Bertz CT molecular complexity index is 312. The summed E-state index contributed by atoms with van der Waals surface area (Å²) in [7, 11) is 0. The van der Waals surface area contributed by atoms with Gasteiger partial charge in [-0.15, -0.1) is 11.8 Å². The van der Waals surface area contributed by atoms with Crippen molar-refractivity contribution in [1.82, 2.24) is 0 Å². The Morgan fingerprint density at radius 3 is 2.80 bits per heavy atom. The lowest BCUT2D eigenvalue weighted by Gasteiger charge is -2.26. The van der Waals surface area contributed by atoms with E-state index >= 15 is 0 Å². The van der Waals surface area contributed by atoms with E-state index in [2.05, 4.69) is 24.3 Å². The molecule has 15 heavy (non-hydrogen) atoms. The maximum absolute atomic E-state index is 5.54. The van der Waals surface area contributed by atoms with Gasteiger partial charge in [0, 0.05) is 4.90 Å². The zero-order chi connectivity index (χ0) is 10.5. The summed E-state index contributed by atoms with van der Waals surface area (Å²) in [5, 5.41) is 0.657. The van der Waals surface area contributed by atoms with Gasteiger partial charge >= 0.3 is 0 Å². The number of rotatable bonds is 5. The van der Waals surface area contributed by atoms with Gasteiger partial charge in [0.1, 0.15) is 0 Å². The van der Waals surface area contributed by atoms with Gasteiger partial charge in [-0.25, -0.2) is 0 Å². The molecule has 1 aliphatic rings. The number of aryl methyl sites for hydroxylation is 1. The van der Waals surface area contributed by atoms with Crippen LogP contribution in [0.15, 0.2) is 29.2 Å².